The number of aromatic carboxylic acids is 1. The lowest BCUT2D eigenvalue weighted by atomic mass is 9.84. The van der Waals surface area contributed by atoms with E-state index in [-0.39, 0.29) is 11.1 Å². The molecule has 3 aromatic carbocycles. The molecule has 0 saturated carbocycles. The van der Waals surface area contributed by atoms with Crippen molar-refractivity contribution in [1.29, 1.82) is 0 Å². The Morgan fingerprint density at radius 2 is 1.57 bits per heavy atom. The van der Waals surface area contributed by atoms with Crippen molar-refractivity contribution in [2.24, 2.45) is 5.92 Å². The Morgan fingerprint density at radius 3 is 2.14 bits per heavy atom. The second kappa shape index (κ2) is 11.0. The highest BCUT2D eigenvalue weighted by molar-refractivity contribution is 6.74. The number of hydrogen-bond acceptors (Lipinski definition) is 3. The van der Waals surface area contributed by atoms with Crippen LogP contribution in [-0.4, -0.2) is 32.5 Å². The molecule has 0 radical (unpaired) electrons. The number of benzene rings is 3. The summed E-state index contributed by atoms with van der Waals surface area (Å²) in [6.07, 6.45) is 2.02. The molecule has 3 aromatic rings. The maximum atomic E-state index is 11.2. The molecule has 0 spiro atoms. The van der Waals surface area contributed by atoms with E-state index >= 15 is 0 Å². The van der Waals surface area contributed by atoms with Gasteiger partial charge >= 0.3 is 5.97 Å². The first-order valence-electron chi connectivity index (χ1n) is 13.1. The molecule has 0 bridgehead atoms. The molecule has 1 atom stereocenters. The zero-order valence-electron chi connectivity index (χ0n) is 22.5. The van der Waals surface area contributed by atoms with Gasteiger partial charge in [0.1, 0.15) is 0 Å². The molecule has 4 rings (SSSR count). The smallest absolute Gasteiger partial charge is 0.335 e. The number of carboxylic acids is 1. The van der Waals surface area contributed by atoms with Crippen molar-refractivity contribution in [2.45, 2.75) is 57.8 Å². The van der Waals surface area contributed by atoms with Gasteiger partial charge in [0.15, 0.2) is 8.32 Å². The van der Waals surface area contributed by atoms with Gasteiger partial charge in [-0.2, -0.15) is 0 Å². The van der Waals surface area contributed by atoms with E-state index in [2.05, 4.69) is 75.2 Å². The Kier molecular flexibility index (Phi) is 8.17. The number of piperidine rings is 1. The minimum Gasteiger partial charge on any atom is -0.478 e. The van der Waals surface area contributed by atoms with Crippen LogP contribution in [0.1, 0.15) is 55.6 Å². The van der Waals surface area contributed by atoms with E-state index in [9.17, 15) is 9.90 Å². The van der Waals surface area contributed by atoms with E-state index < -0.39 is 14.3 Å². The number of hydrogen-bond donors (Lipinski definition) is 1. The lowest BCUT2D eigenvalue weighted by molar-refractivity contribution is 0.0697. The SMILES string of the molecule is CC(C)(C)[Si](C)(C)OC(c1ccccc1-c1ccc(Cl)cc1)C1CCN(c2ccc(C(=O)O)cc2)CC1. The van der Waals surface area contributed by atoms with Crippen LogP contribution in [-0.2, 0) is 4.43 Å². The summed E-state index contributed by atoms with van der Waals surface area (Å²) < 4.78 is 7.23. The van der Waals surface area contributed by atoms with Crippen LogP contribution >= 0.6 is 11.6 Å². The summed E-state index contributed by atoms with van der Waals surface area (Å²) in [6, 6.07) is 23.9. The molecule has 0 amide bonds. The van der Waals surface area contributed by atoms with Crippen LogP contribution in [0.25, 0.3) is 11.1 Å². The average molecular weight is 536 g/mol. The van der Waals surface area contributed by atoms with Crippen LogP contribution < -0.4 is 4.90 Å². The van der Waals surface area contributed by atoms with E-state index in [0.29, 0.717) is 11.5 Å². The third-order valence-corrected chi connectivity index (χ3v) is 12.8. The summed E-state index contributed by atoms with van der Waals surface area (Å²) in [5.41, 5.74) is 5.00. The van der Waals surface area contributed by atoms with Crippen molar-refractivity contribution in [3.63, 3.8) is 0 Å². The van der Waals surface area contributed by atoms with E-state index in [1.54, 1.807) is 12.1 Å². The number of anilines is 1. The zero-order valence-corrected chi connectivity index (χ0v) is 24.3. The number of carboxylic acid groups (broad SMARTS) is 1. The summed E-state index contributed by atoms with van der Waals surface area (Å²) >= 11 is 6.20. The Balaban J connectivity index is 1.63. The maximum Gasteiger partial charge on any atom is 0.335 e. The van der Waals surface area contributed by atoms with Gasteiger partial charge < -0.3 is 14.4 Å². The first-order chi connectivity index (χ1) is 17.5. The van der Waals surface area contributed by atoms with Crippen LogP contribution in [0.2, 0.25) is 23.2 Å². The third kappa shape index (κ3) is 6.28. The van der Waals surface area contributed by atoms with Gasteiger partial charge in [-0.1, -0.05) is 68.8 Å². The largest absolute Gasteiger partial charge is 0.478 e. The van der Waals surface area contributed by atoms with Crippen LogP contribution in [0.15, 0.2) is 72.8 Å². The average Bonchev–Trinajstić information content (AvgIpc) is 2.87. The molecular formula is C31H38ClNO3Si. The first kappa shape index (κ1) is 27.4. The highest BCUT2D eigenvalue weighted by Crippen LogP contribution is 2.46. The van der Waals surface area contributed by atoms with Gasteiger partial charge in [-0.3, -0.25) is 0 Å². The second-order valence-corrected chi connectivity index (χ2v) is 16.8. The molecule has 1 N–H and O–H groups in total. The van der Waals surface area contributed by atoms with Gasteiger partial charge in [0.25, 0.3) is 0 Å². The van der Waals surface area contributed by atoms with Gasteiger partial charge in [0.05, 0.1) is 11.7 Å². The zero-order chi connectivity index (χ0) is 26.8. The molecule has 0 aliphatic carbocycles. The molecule has 1 heterocycles. The van der Waals surface area contributed by atoms with Crippen LogP contribution in [0.5, 0.6) is 0 Å². The van der Waals surface area contributed by atoms with E-state index in [4.69, 9.17) is 16.0 Å². The van der Waals surface area contributed by atoms with Gasteiger partial charge in [-0.25, -0.2) is 4.79 Å². The summed E-state index contributed by atoms with van der Waals surface area (Å²) in [5.74, 6) is -0.507. The third-order valence-electron chi connectivity index (χ3n) is 8.10. The molecule has 196 valence electrons. The first-order valence-corrected chi connectivity index (χ1v) is 16.4. The monoisotopic (exact) mass is 535 g/mol. The quantitative estimate of drug-likeness (QED) is 0.307. The molecule has 1 aliphatic rings. The van der Waals surface area contributed by atoms with Crippen molar-refractivity contribution in [2.75, 3.05) is 18.0 Å². The Morgan fingerprint density at radius 1 is 0.973 bits per heavy atom. The molecule has 4 nitrogen and oxygen atoms in total. The number of carbonyl (C=O) groups is 1. The molecular weight excluding hydrogens is 498 g/mol. The van der Waals surface area contributed by atoms with Crippen LogP contribution in [0.3, 0.4) is 0 Å². The predicted octanol–water partition coefficient (Wildman–Crippen LogP) is 8.68. The van der Waals surface area contributed by atoms with Crippen molar-refractivity contribution >= 4 is 31.6 Å². The normalized spacial score (nSPS) is 16.0. The van der Waals surface area contributed by atoms with Gasteiger partial charge in [-0.05, 0) is 90.0 Å². The fourth-order valence-corrected chi connectivity index (χ4v) is 6.25. The fourth-order valence-electron chi connectivity index (χ4n) is 4.82. The highest BCUT2D eigenvalue weighted by atomic mass is 35.5. The minimum absolute atomic E-state index is 0.00399. The van der Waals surface area contributed by atoms with Gasteiger partial charge in [0, 0.05) is 23.8 Å². The topological polar surface area (TPSA) is 49.8 Å². The molecule has 37 heavy (non-hydrogen) atoms. The lowest BCUT2D eigenvalue weighted by Gasteiger charge is -2.44. The number of halogens is 1. The summed E-state index contributed by atoms with van der Waals surface area (Å²) in [5, 5.41) is 10.1. The van der Waals surface area contributed by atoms with E-state index in [0.717, 1.165) is 42.2 Å². The van der Waals surface area contributed by atoms with Crippen LogP contribution in [0, 0.1) is 5.92 Å². The standard InChI is InChI=1S/C31H38ClNO3Si/c1-31(2,3)37(4,5)36-29(28-9-7-6-8-27(28)22-10-14-25(32)15-11-22)23-18-20-33(21-19-23)26-16-12-24(13-17-26)30(34)35/h6-17,23,29H,18-21H2,1-5H3,(H,34,35). The lowest BCUT2D eigenvalue weighted by Crippen LogP contribution is -2.45. The van der Waals surface area contributed by atoms with E-state index in [1.165, 1.54) is 11.1 Å². The molecule has 1 aliphatic heterocycles. The van der Waals surface area contributed by atoms with Gasteiger partial charge in [-0.15, -0.1) is 0 Å². The second-order valence-electron chi connectivity index (χ2n) is 11.6. The summed E-state index contributed by atoms with van der Waals surface area (Å²) in [6.45, 7) is 13.4. The van der Waals surface area contributed by atoms with E-state index in [1.807, 2.05) is 24.3 Å². The minimum atomic E-state index is -2.06. The van der Waals surface area contributed by atoms with Gasteiger partial charge in [0.2, 0.25) is 0 Å². The summed E-state index contributed by atoms with van der Waals surface area (Å²) in [7, 11) is -2.06. The van der Waals surface area contributed by atoms with Crippen LogP contribution in [0.4, 0.5) is 5.69 Å². The fraction of sp³-hybridized carbons (Fsp3) is 0.387. The predicted molar refractivity (Wildman–Crippen MR) is 156 cm³/mol. The Bertz CT molecular complexity index is 1210. The molecule has 0 aromatic heterocycles. The maximum absolute atomic E-state index is 11.2. The molecule has 1 saturated heterocycles. The Hall–Kier alpha value is -2.60. The molecule has 1 unspecified atom stereocenters. The summed E-state index contributed by atoms with van der Waals surface area (Å²) in [4.78, 5) is 13.6. The molecule has 6 heteroatoms. The van der Waals surface area contributed by atoms with Crippen molar-refractivity contribution in [1.82, 2.24) is 0 Å². The number of rotatable bonds is 7. The van der Waals surface area contributed by atoms with Crippen molar-refractivity contribution in [3.05, 3.63) is 88.9 Å². The van der Waals surface area contributed by atoms with Crippen molar-refractivity contribution in [3.8, 4) is 11.1 Å². The Labute approximate surface area is 227 Å². The molecule has 1 fully saturated rings. The number of nitrogens with zero attached hydrogens (tertiary/aromatic N) is 1. The van der Waals surface area contributed by atoms with Crippen molar-refractivity contribution < 1.29 is 14.3 Å². The highest BCUT2D eigenvalue weighted by Gasteiger charge is 2.42.